The molecule has 1 heterocycles. The van der Waals surface area contributed by atoms with Crippen LogP contribution in [0.3, 0.4) is 0 Å². The third kappa shape index (κ3) is 3.30. The number of rotatable bonds is 6. The highest BCUT2D eigenvalue weighted by molar-refractivity contribution is 7.10. The molecule has 1 aliphatic rings. The second-order valence-corrected chi connectivity index (χ2v) is 6.04. The Kier molecular flexibility index (Phi) is 5.01. The van der Waals surface area contributed by atoms with Crippen LogP contribution >= 0.6 is 11.3 Å². The molecule has 1 fully saturated rings. The lowest BCUT2D eigenvalue weighted by molar-refractivity contribution is 0.374. The zero-order valence-corrected chi connectivity index (χ0v) is 11.6. The van der Waals surface area contributed by atoms with Crippen molar-refractivity contribution in [3.8, 4) is 0 Å². The SMILES string of the molecule is CCc1ccsc1CNCC1CCCC1CN. The van der Waals surface area contributed by atoms with Gasteiger partial charge in [-0.25, -0.2) is 0 Å². The molecule has 1 saturated carbocycles. The Morgan fingerprint density at radius 3 is 3.00 bits per heavy atom. The maximum absolute atomic E-state index is 5.81. The molecule has 0 aliphatic heterocycles. The molecule has 3 heteroatoms. The van der Waals surface area contributed by atoms with Gasteiger partial charge in [-0.2, -0.15) is 0 Å². The maximum Gasteiger partial charge on any atom is 0.0302 e. The van der Waals surface area contributed by atoms with E-state index in [0.29, 0.717) is 0 Å². The van der Waals surface area contributed by atoms with Gasteiger partial charge in [-0.3, -0.25) is 0 Å². The summed E-state index contributed by atoms with van der Waals surface area (Å²) in [6.07, 6.45) is 5.21. The lowest BCUT2D eigenvalue weighted by Gasteiger charge is -2.18. The third-order valence-corrected chi connectivity index (χ3v) is 4.99. The number of thiophene rings is 1. The maximum atomic E-state index is 5.81. The average molecular weight is 252 g/mol. The second-order valence-electron chi connectivity index (χ2n) is 5.04. The summed E-state index contributed by atoms with van der Waals surface area (Å²) in [4.78, 5) is 1.51. The van der Waals surface area contributed by atoms with Crippen LogP contribution in [0.1, 0.15) is 36.6 Å². The predicted octanol–water partition coefficient (Wildman–Crippen LogP) is 2.78. The zero-order valence-electron chi connectivity index (χ0n) is 10.7. The van der Waals surface area contributed by atoms with Gasteiger partial charge in [0.05, 0.1) is 0 Å². The molecule has 0 saturated heterocycles. The molecule has 1 aromatic rings. The van der Waals surface area contributed by atoms with E-state index in [1.54, 1.807) is 0 Å². The Hall–Kier alpha value is -0.380. The number of hydrogen-bond donors (Lipinski definition) is 2. The van der Waals surface area contributed by atoms with Crippen LogP contribution in [-0.4, -0.2) is 13.1 Å². The lowest BCUT2D eigenvalue weighted by atomic mass is 9.96. The summed E-state index contributed by atoms with van der Waals surface area (Å²) in [5, 5.41) is 5.83. The van der Waals surface area contributed by atoms with Gasteiger partial charge in [0.15, 0.2) is 0 Å². The third-order valence-electron chi connectivity index (χ3n) is 4.03. The van der Waals surface area contributed by atoms with Crippen LogP contribution in [0.25, 0.3) is 0 Å². The van der Waals surface area contributed by atoms with Crippen LogP contribution < -0.4 is 11.1 Å². The minimum atomic E-state index is 0.761. The van der Waals surface area contributed by atoms with Gasteiger partial charge in [0.2, 0.25) is 0 Å². The van der Waals surface area contributed by atoms with Crippen LogP contribution in [0.15, 0.2) is 11.4 Å². The van der Waals surface area contributed by atoms with Gasteiger partial charge in [-0.1, -0.05) is 13.3 Å². The van der Waals surface area contributed by atoms with E-state index >= 15 is 0 Å². The van der Waals surface area contributed by atoms with Gasteiger partial charge < -0.3 is 11.1 Å². The fourth-order valence-electron chi connectivity index (χ4n) is 2.90. The molecule has 1 aromatic heterocycles. The Morgan fingerprint density at radius 2 is 2.24 bits per heavy atom. The smallest absolute Gasteiger partial charge is 0.0302 e. The van der Waals surface area contributed by atoms with E-state index in [1.165, 1.54) is 29.7 Å². The number of aryl methyl sites for hydroxylation is 1. The van der Waals surface area contributed by atoms with Gasteiger partial charge >= 0.3 is 0 Å². The van der Waals surface area contributed by atoms with Crippen molar-refractivity contribution < 1.29 is 0 Å². The predicted molar refractivity (Wildman–Crippen MR) is 75.3 cm³/mol. The van der Waals surface area contributed by atoms with Crippen molar-refractivity contribution in [1.29, 1.82) is 0 Å². The summed E-state index contributed by atoms with van der Waals surface area (Å²) in [5.41, 5.74) is 7.31. The number of nitrogens with two attached hydrogens (primary N) is 1. The molecule has 2 unspecified atom stereocenters. The van der Waals surface area contributed by atoms with Gasteiger partial charge in [0.1, 0.15) is 0 Å². The Labute approximate surface area is 109 Å². The van der Waals surface area contributed by atoms with E-state index in [1.807, 2.05) is 11.3 Å². The standard InChI is InChI=1S/C14H24N2S/c1-2-11-6-7-17-14(11)10-16-9-13-5-3-4-12(13)8-15/h6-7,12-13,16H,2-5,8-10,15H2,1H3. The zero-order chi connectivity index (χ0) is 12.1. The fraction of sp³-hybridized carbons (Fsp3) is 0.714. The molecule has 96 valence electrons. The highest BCUT2D eigenvalue weighted by Gasteiger charge is 2.25. The number of hydrogen-bond acceptors (Lipinski definition) is 3. The van der Waals surface area contributed by atoms with Crippen molar-refractivity contribution in [3.05, 3.63) is 21.9 Å². The van der Waals surface area contributed by atoms with E-state index in [-0.39, 0.29) is 0 Å². The summed E-state index contributed by atoms with van der Waals surface area (Å²) in [5.74, 6) is 1.57. The van der Waals surface area contributed by atoms with Crippen LogP contribution in [0.2, 0.25) is 0 Å². The van der Waals surface area contributed by atoms with Crippen molar-refractivity contribution in [2.75, 3.05) is 13.1 Å². The van der Waals surface area contributed by atoms with Gasteiger partial charge in [-0.05, 0) is 61.2 Å². The Morgan fingerprint density at radius 1 is 1.41 bits per heavy atom. The van der Waals surface area contributed by atoms with Gasteiger partial charge in [0, 0.05) is 11.4 Å². The summed E-state index contributed by atoms with van der Waals surface area (Å²) >= 11 is 1.88. The molecule has 17 heavy (non-hydrogen) atoms. The molecule has 1 aliphatic carbocycles. The van der Waals surface area contributed by atoms with E-state index in [0.717, 1.165) is 37.9 Å². The minimum Gasteiger partial charge on any atom is -0.330 e. The molecule has 0 aromatic carbocycles. The molecule has 2 nitrogen and oxygen atoms in total. The highest BCUT2D eigenvalue weighted by Crippen LogP contribution is 2.30. The molecule has 0 bridgehead atoms. The second kappa shape index (κ2) is 6.53. The molecule has 0 amide bonds. The molecule has 2 rings (SSSR count). The monoisotopic (exact) mass is 252 g/mol. The Balaban J connectivity index is 1.76. The topological polar surface area (TPSA) is 38.0 Å². The van der Waals surface area contributed by atoms with Crippen molar-refractivity contribution in [2.45, 2.75) is 39.2 Å². The molecule has 0 radical (unpaired) electrons. The van der Waals surface area contributed by atoms with Crippen molar-refractivity contribution >= 4 is 11.3 Å². The van der Waals surface area contributed by atoms with E-state index in [2.05, 4.69) is 23.7 Å². The number of nitrogens with one attached hydrogen (secondary N) is 1. The Bertz CT molecular complexity index is 335. The molecule has 0 spiro atoms. The fourth-order valence-corrected chi connectivity index (χ4v) is 3.85. The largest absolute Gasteiger partial charge is 0.330 e. The van der Waals surface area contributed by atoms with Gasteiger partial charge in [0.25, 0.3) is 0 Å². The summed E-state index contributed by atoms with van der Waals surface area (Å²) in [6.45, 7) is 5.27. The van der Waals surface area contributed by atoms with Crippen LogP contribution in [0.5, 0.6) is 0 Å². The van der Waals surface area contributed by atoms with E-state index < -0.39 is 0 Å². The molecular formula is C14H24N2S. The van der Waals surface area contributed by atoms with Crippen molar-refractivity contribution in [3.63, 3.8) is 0 Å². The van der Waals surface area contributed by atoms with Crippen LogP contribution in [-0.2, 0) is 13.0 Å². The van der Waals surface area contributed by atoms with Crippen molar-refractivity contribution in [2.24, 2.45) is 17.6 Å². The van der Waals surface area contributed by atoms with Crippen LogP contribution in [0.4, 0.5) is 0 Å². The summed E-state index contributed by atoms with van der Waals surface area (Å²) < 4.78 is 0. The minimum absolute atomic E-state index is 0.761. The first-order valence-corrected chi connectivity index (χ1v) is 7.69. The summed E-state index contributed by atoms with van der Waals surface area (Å²) in [7, 11) is 0. The molecular weight excluding hydrogens is 228 g/mol. The molecule has 3 N–H and O–H groups in total. The average Bonchev–Trinajstić information content (AvgIpc) is 2.97. The quantitative estimate of drug-likeness (QED) is 0.817. The van der Waals surface area contributed by atoms with E-state index in [4.69, 9.17) is 5.73 Å². The summed E-state index contributed by atoms with van der Waals surface area (Å²) in [6, 6.07) is 2.25. The molecule has 2 atom stereocenters. The van der Waals surface area contributed by atoms with Gasteiger partial charge in [-0.15, -0.1) is 11.3 Å². The normalized spacial score (nSPS) is 24.4. The van der Waals surface area contributed by atoms with Crippen molar-refractivity contribution in [1.82, 2.24) is 5.32 Å². The first-order chi connectivity index (χ1) is 8.35. The lowest BCUT2D eigenvalue weighted by Crippen LogP contribution is -2.28. The first kappa shape index (κ1) is 13.1. The first-order valence-electron chi connectivity index (χ1n) is 6.81. The van der Waals surface area contributed by atoms with Crippen LogP contribution in [0, 0.1) is 11.8 Å². The van der Waals surface area contributed by atoms with E-state index in [9.17, 15) is 0 Å². The highest BCUT2D eigenvalue weighted by atomic mass is 32.1.